The highest BCUT2D eigenvalue weighted by Crippen LogP contribution is 2.17. The van der Waals surface area contributed by atoms with Crippen molar-refractivity contribution in [3.8, 4) is 5.75 Å². The largest absolute Gasteiger partial charge is 0.489 e. The lowest BCUT2D eigenvalue weighted by Gasteiger charge is -2.08. The molecular formula is C16H17BrN2O2. The number of ether oxygens (including phenoxy) is 1. The number of amides is 1. The predicted molar refractivity (Wildman–Crippen MR) is 85.6 cm³/mol. The normalized spacial score (nSPS) is 10.2. The molecule has 2 rings (SSSR count). The van der Waals surface area contributed by atoms with Crippen LogP contribution in [0, 0.1) is 0 Å². The van der Waals surface area contributed by atoms with E-state index in [1.54, 1.807) is 0 Å². The summed E-state index contributed by atoms with van der Waals surface area (Å²) >= 11 is 3.44. The van der Waals surface area contributed by atoms with E-state index < -0.39 is 0 Å². The zero-order chi connectivity index (χ0) is 15.1. The van der Waals surface area contributed by atoms with Crippen molar-refractivity contribution >= 4 is 21.8 Å². The Morgan fingerprint density at radius 2 is 1.90 bits per heavy atom. The van der Waals surface area contributed by atoms with E-state index in [1.807, 2.05) is 48.5 Å². The van der Waals surface area contributed by atoms with Crippen molar-refractivity contribution in [3.63, 3.8) is 0 Å². The Morgan fingerprint density at radius 1 is 1.14 bits per heavy atom. The van der Waals surface area contributed by atoms with Gasteiger partial charge in [0, 0.05) is 10.9 Å². The van der Waals surface area contributed by atoms with Crippen LogP contribution in [0.1, 0.15) is 17.5 Å². The van der Waals surface area contributed by atoms with E-state index in [0.29, 0.717) is 19.4 Å². The van der Waals surface area contributed by atoms with Crippen molar-refractivity contribution in [1.82, 2.24) is 5.43 Å². The molecule has 0 aromatic heterocycles. The van der Waals surface area contributed by atoms with E-state index in [4.69, 9.17) is 10.6 Å². The van der Waals surface area contributed by atoms with Crippen molar-refractivity contribution < 1.29 is 9.53 Å². The number of aryl methyl sites for hydroxylation is 1. The summed E-state index contributed by atoms with van der Waals surface area (Å²) in [5.74, 6) is 5.69. The van der Waals surface area contributed by atoms with Crippen molar-refractivity contribution in [1.29, 1.82) is 0 Å². The number of rotatable bonds is 6. The van der Waals surface area contributed by atoms with Crippen LogP contribution in [-0.2, 0) is 17.8 Å². The van der Waals surface area contributed by atoms with Gasteiger partial charge in [-0.3, -0.25) is 10.2 Å². The topological polar surface area (TPSA) is 64.3 Å². The van der Waals surface area contributed by atoms with Crippen LogP contribution < -0.4 is 16.0 Å². The molecule has 2 aromatic rings. The lowest BCUT2D eigenvalue weighted by atomic mass is 10.1. The monoisotopic (exact) mass is 348 g/mol. The van der Waals surface area contributed by atoms with Crippen LogP contribution in [0.5, 0.6) is 5.75 Å². The quantitative estimate of drug-likeness (QED) is 0.479. The number of benzene rings is 2. The van der Waals surface area contributed by atoms with Crippen LogP contribution in [-0.4, -0.2) is 5.91 Å². The van der Waals surface area contributed by atoms with Gasteiger partial charge >= 0.3 is 0 Å². The van der Waals surface area contributed by atoms with Crippen molar-refractivity contribution in [2.45, 2.75) is 19.4 Å². The van der Waals surface area contributed by atoms with Gasteiger partial charge in [-0.25, -0.2) is 5.84 Å². The maximum atomic E-state index is 11.1. The van der Waals surface area contributed by atoms with Crippen molar-refractivity contribution in [2.24, 2.45) is 5.84 Å². The minimum Gasteiger partial charge on any atom is -0.489 e. The Labute approximate surface area is 132 Å². The molecule has 0 aliphatic carbocycles. The first-order chi connectivity index (χ1) is 10.2. The summed E-state index contributed by atoms with van der Waals surface area (Å²) in [6.45, 7) is 0.522. The number of nitrogens with two attached hydrogens (primary N) is 1. The maximum absolute atomic E-state index is 11.1. The summed E-state index contributed by atoms with van der Waals surface area (Å²) in [4.78, 5) is 11.1. The zero-order valence-electron chi connectivity index (χ0n) is 11.5. The van der Waals surface area contributed by atoms with E-state index in [1.165, 1.54) is 0 Å². The van der Waals surface area contributed by atoms with Gasteiger partial charge in [-0.1, -0.05) is 40.2 Å². The van der Waals surface area contributed by atoms with Gasteiger partial charge in [0.15, 0.2) is 0 Å². The molecule has 0 aliphatic rings. The molecule has 0 saturated heterocycles. The molecular weight excluding hydrogens is 332 g/mol. The Balaban J connectivity index is 1.86. The Hall–Kier alpha value is -1.85. The summed E-state index contributed by atoms with van der Waals surface area (Å²) in [5, 5.41) is 0. The van der Waals surface area contributed by atoms with Gasteiger partial charge in [-0.05, 0) is 41.8 Å². The average molecular weight is 349 g/mol. The molecule has 0 heterocycles. The highest BCUT2D eigenvalue weighted by molar-refractivity contribution is 9.10. The number of carbonyl (C=O) groups excluding carboxylic acids is 1. The first-order valence-electron chi connectivity index (χ1n) is 6.63. The van der Waals surface area contributed by atoms with Crippen molar-refractivity contribution in [3.05, 3.63) is 64.1 Å². The molecule has 3 N–H and O–H groups in total. The molecule has 0 unspecified atom stereocenters. The fourth-order valence-electron chi connectivity index (χ4n) is 1.88. The third kappa shape index (κ3) is 5.21. The number of hydrazine groups is 1. The van der Waals surface area contributed by atoms with Crippen LogP contribution >= 0.6 is 15.9 Å². The minimum atomic E-state index is -0.162. The second-order valence-electron chi connectivity index (χ2n) is 4.63. The smallest absolute Gasteiger partial charge is 0.234 e. The summed E-state index contributed by atoms with van der Waals surface area (Å²) in [6, 6.07) is 15.7. The number of carbonyl (C=O) groups is 1. The number of hydrogen-bond donors (Lipinski definition) is 2. The van der Waals surface area contributed by atoms with Crippen molar-refractivity contribution in [2.75, 3.05) is 0 Å². The molecule has 0 saturated carbocycles. The number of hydrogen-bond acceptors (Lipinski definition) is 3. The zero-order valence-corrected chi connectivity index (χ0v) is 13.1. The lowest BCUT2D eigenvalue weighted by Crippen LogP contribution is -2.30. The van der Waals surface area contributed by atoms with Crippen LogP contribution in [0.4, 0.5) is 0 Å². The van der Waals surface area contributed by atoms with Gasteiger partial charge in [0.25, 0.3) is 0 Å². The fourth-order valence-corrected chi connectivity index (χ4v) is 2.32. The van der Waals surface area contributed by atoms with E-state index in [0.717, 1.165) is 21.3 Å². The van der Waals surface area contributed by atoms with E-state index in [9.17, 15) is 4.79 Å². The highest BCUT2D eigenvalue weighted by atomic mass is 79.9. The second-order valence-corrected chi connectivity index (χ2v) is 5.55. The van der Waals surface area contributed by atoms with Gasteiger partial charge in [-0.2, -0.15) is 0 Å². The van der Waals surface area contributed by atoms with Crippen LogP contribution in [0.2, 0.25) is 0 Å². The van der Waals surface area contributed by atoms with Gasteiger partial charge in [0.05, 0.1) is 0 Å². The molecule has 0 atom stereocenters. The first-order valence-corrected chi connectivity index (χ1v) is 7.42. The van der Waals surface area contributed by atoms with Gasteiger partial charge in [0.2, 0.25) is 5.91 Å². The van der Waals surface area contributed by atoms with E-state index in [-0.39, 0.29) is 5.91 Å². The van der Waals surface area contributed by atoms with Gasteiger partial charge < -0.3 is 4.74 Å². The Kier molecular flexibility index (Phi) is 5.78. The molecule has 21 heavy (non-hydrogen) atoms. The molecule has 4 nitrogen and oxygen atoms in total. The molecule has 1 amide bonds. The minimum absolute atomic E-state index is 0.162. The summed E-state index contributed by atoms with van der Waals surface area (Å²) in [7, 11) is 0. The molecule has 110 valence electrons. The summed E-state index contributed by atoms with van der Waals surface area (Å²) in [6.07, 6.45) is 1.05. The van der Waals surface area contributed by atoms with E-state index in [2.05, 4.69) is 21.4 Å². The maximum Gasteiger partial charge on any atom is 0.234 e. The van der Waals surface area contributed by atoms with Gasteiger partial charge in [0.1, 0.15) is 12.4 Å². The highest BCUT2D eigenvalue weighted by Gasteiger charge is 2.01. The Bertz CT molecular complexity index is 599. The molecule has 0 aliphatic heterocycles. The molecule has 0 spiro atoms. The number of halogens is 1. The summed E-state index contributed by atoms with van der Waals surface area (Å²) < 4.78 is 6.77. The molecule has 2 aromatic carbocycles. The van der Waals surface area contributed by atoms with E-state index >= 15 is 0 Å². The second kappa shape index (κ2) is 7.81. The molecule has 0 fully saturated rings. The van der Waals surface area contributed by atoms with Gasteiger partial charge in [-0.15, -0.1) is 0 Å². The van der Waals surface area contributed by atoms with Crippen LogP contribution in [0.25, 0.3) is 0 Å². The Morgan fingerprint density at radius 3 is 2.57 bits per heavy atom. The first kappa shape index (κ1) is 15.5. The number of nitrogens with one attached hydrogen (secondary N) is 1. The standard InChI is InChI=1S/C16H17BrN2O2/c17-14-3-1-2-13(10-14)11-21-15-7-4-12(5-8-15)6-9-16(20)19-18/h1-5,7-8,10H,6,9,11,18H2,(H,19,20). The predicted octanol–water partition coefficient (Wildman–Crippen LogP) is 2.95. The van der Waals surface area contributed by atoms with Crippen LogP contribution in [0.3, 0.4) is 0 Å². The third-order valence-corrected chi connectivity index (χ3v) is 3.51. The van der Waals surface area contributed by atoms with Crippen LogP contribution in [0.15, 0.2) is 53.0 Å². The molecule has 0 bridgehead atoms. The molecule has 0 radical (unpaired) electrons. The third-order valence-electron chi connectivity index (χ3n) is 3.02. The summed E-state index contributed by atoms with van der Waals surface area (Å²) in [5.41, 5.74) is 4.30. The lowest BCUT2D eigenvalue weighted by molar-refractivity contribution is -0.121. The fraction of sp³-hybridized carbons (Fsp3) is 0.188. The average Bonchev–Trinajstić information content (AvgIpc) is 2.51. The molecule has 5 heteroatoms. The SMILES string of the molecule is NNC(=O)CCc1ccc(OCc2cccc(Br)c2)cc1.